The van der Waals surface area contributed by atoms with Crippen molar-refractivity contribution in [3.63, 3.8) is 0 Å². The van der Waals surface area contributed by atoms with Crippen molar-refractivity contribution in [2.45, 2.75) is 63.5 Å². The summed E-state index contributed by atoms with van der Waals surface area (Å²) >= 11 is 0. The zero-order valence-electron chi connectivity index (χ0n) is 13.9. The van der Waals surface area contributed by atoms with E-state index in [-0.39, 0.29) is 17.9 Å². The number of rotatable bonds is 4. The fourth-order valence-corrected chi connectivity index (χ4v) is 4.20. The minimum atomic E-state index is -0.514. The van der Waals surface area contributed by atoms with Gasteiger partial charge in [0, 0.05) is 38.8 Å². The van der Waals surface area contributed by atoms with E-state index in [0.717, 1.165) is 12.8 Å². The van der Waals surface area contributed by atoms with Gasteiger partial charge in [-0.1, -0.05) is 19.3 Å². The molecule has 2 aliphatic heterocycles. The normalized spacial score (nSPS) is 28.8. The molecule has 6 heteroatoms. The SMILES string of the molecule is NCC1(C(=O)NC2CC(=O)N(C3CCCCC3)C2)CCOCC1. The fourth-order valence-electron chi connectivity index (χ4n) is 4.20. The van der Waals surface area contributed by atoms with Crippen LogP contribution in [0.1, 0.15) is 51.4 Å². The number of nitrogens with one attached hydrogen (secondary N) is 1. The summed E-state index contributed by atoms with van der Waals surface area (Å²) in [5.74, 6) is 0.197. The van der Waals surface area contributed by atoms with Gasteiger partial charge in [0.1, 0.15) is 0 Å². The third kappa shape index (κ3) is 3.53. The maximum Gasteiger partial charge on any atom is 0.227 e. The smallest absolute Gasteiger partial charge is 0.227 e. The standard InChI is InChI=1S/C17H29N3O3/c18-12-17(6-8-23-9-7-17)16(22)19-13-10-15(21)20(11-13)14-4-2-1-3-5-14/h13-14H,1-12,18H2,(H,19,22). The van der Waals surface area contributed by atoms with E-state index in [0.29, 0.717) is 51.6 Å². The van der Waals surface area contributed by atoms with Crippen molar-refractivity contribution in [3.8, 4) is 0 Å². The maximum absolute atomic E-state index is 12.7. The van der Waals surface area contributed by atoms with Crippen LogP contribution >= 0.6 is 0 Å². The summed E-state index contributed by atoms with van der Waals surface area (Å²) in [6.45, 7) is 2.17. The lowest BCUT2D eigenvalue weighted by molar-refractivity contribution is -0.136. The van der Waals surface area contributed by atoms with Crippen molar-refractivity contribution in [2.75, 3.05) is 26.3 Å². The molecular weight excluding hydrogens is 294 g/mol. The van der Waals surface area contributed by atoms with Crippen molar-refractivity contribution >= 4 is 11.8 Å². The summed E-state index contributed by atoms with van der Waals surface area (Å²) in [4.78, 5) is 27.0. The number of nitrogens with two attached hydrogens (primary N) is 1. The zero-order valence-corrected chi connectivity index (χ0v) is 13.9. The van der Waals surface area contributed by atoms with Crippen molar-refractivity contribution in [1.82, 2.24) is 10.2 Å². The van der Waals surface area contributed by atoms with Gasteiger partial charge in [0.25, 0.3) is 0 Å². The Morgan fingerprint density at radius 2 is 1.96 bits per heavy atom. The molecule has 3 N–H and O–H groups in total. The van der Waals surface area contributed by atoms with Gasteiger partial charge in [-0.05, 0) is 25.7 Å². The van der Waals surface area contributed by atoms with Gasteiger partial charge < -0.3 is 20.7 Å². The minimum Gasteiger partial charge on any atom is -0.381 e. The van der Waals surface area contributed by atoms with E-state index in [4.69, 9.17) is 10.5 Å². The van der Waals surface area contributed by atoms with Crippen LogP contribution in [0.3, 0.4) is 0 Å². The van der Waals surface area contributed by atoms with Gasteiger partial charge in [0.05, 0.1) is 11.5 Å². The van der Waals surface area contributed by atoms with Gasteiger partial charge in [0.2, 0.25) is 11.8 Å². The van der Waals surface area contributed by atoms with Gasteiger partial charge in [-0.2, -0.15) is 0 Å². The van der Waals surface area contributed by atoms with Crippen molar-refractivity contribution in [3.05, 3.63) is 0 Å². The molecule has 1 unspecified atom stereocenters. The molecule has 2 amide bonds. The van der Waals surface area contributed by atoms with Gasteiger partial charge in [0.15, 0.2) is 0 Å². The van der Waals surface area contributed by atoms with Crippen LogP contribution in [0, 0.1) is 5.41 Å². The molecule has 2 heterocycles. The van der Waals surface area contributed by atoms with E-state index in [9.17, 15) is 9.59 Å². The number of ether oxygens (including phenoxy) is 1. The molecule has 1 saturated carbocycles. The van der Waals surface area contributed by atoms with Crippen molar-refractivity contribution < 1.29 is 14.3 Å². The van der Waals surface area contributed by atoms with Gasteiger partial charge in [-0.25, -0.2) is 0 Å². The fraction of sp³-hybridized carbons (Fsp3) is 0.882. The molecule has 6 nitrogen and oxygen atoms in total. The summed E-state index contributed by atoms with van der Waals surface area (Å²) in [5, 5.41) is 3.10. The monoisotopic (exact) mass is 323 g/mol. The molecule has 0 radical (unpaired) electrons. The van der Waals surface area contributed by atoms with Gasteiger partial charge in [-0.3, -0.25) is 9.59 Å². The first-order valence-electron chi connectivity index (χ1n) is 9.03. The highest BCUT2D eigenvalue weighted by Gasteiger charge is 2.42. The van der Waals surface area contributed by atoms with E-state index in [2.05, 4.69) is 5.32 Å². The predicted molar refractivity (Wildman–Crippen MR) is 86.7 cm³/mol. The minimum absolute atomic E-state index is 0.00611. The number of hydrogen-bond donors (Lipinski definition) is 2. The first-order valence-corrected chi connectivity index (χ1v) is 9.03. The van der Waals surface area contributed by atoms with Crippen LogP contribution < -0.4 is 11.1 Å². The number of likely N-dealkylation sites (tertiary alicyclic amines) is 1. The maximum atomic E-state index is 12.7. The number of carbonyl (C=O) groups is 2. The van der Waals surface area contributed by atoms with E-state index in [1.807, 2.05) is 4.90 Å². The van der Waals surface area contributed by atoms with Crippen LogP contribution in [-0.2, 0) is 14.3 Å². The third-order valence-corrected chi connectivity index (χ3v) is 5.83. The van der Waals surface area contributed by atoms with Crippen molar-refractivity contribution in [2.24, 2.45) is 11.1 Å². The Bertz CT molecular complexity index is 442. The number of nitrogens with zero attached hydrogens (tertiary/aromatic N) is 1. The molecule has 23 heavy (non-hydrogen) atoms. The van der Waals surface area contributed by atoms with E-state index < -0.39 is 5.41 Å². The Labute approximate surface area is 138 Å². The highest BCUT2D eigenvalue weighted by molar-refractivity contribution is 5.85. The Balaban J connectivity index is 1.57. The highest BCUT2D eigenvalue weighted by atomic mass is 16.5. The topological polar surface area (TPSA) is 84.7 Å². The summed E-state index contributed by atoms with van der Waals surface area (Å²) in [7, 11) is 0. The molecule has 0 aromatic carbocycles. The quantitative estimate of drug-likeness (QED) is 0.801. The summed E-state index contributed by atoms with van der Waals surface area (Å²) in [5.41, 5.74) is 5.38. The molecule has 1 aliphatic carbocycles. The van der Waals surface area contributed by atoms with E-state index >= 15 is 0 Å². The number of hydrogen-bond acceptors (Lipinski definition) is 4. The van der Waals surface area contributed by atoms with E-state index in [1.54, 1.807) is 0 Å². The molecule has 130 valence electrons. The molecule has 0 spiro atoms. The second-order valence-corrected chi connectivity index (χ2v) is 7.31. The molecule has 0 aromatic heterocycles. The van der Waals surface area contributed by atoms with Gasteiger partial charge in [-0.15, -0.1) is 0 Å². The zero-order chi connectivity index (χ0) is 16.3. The van der Waals surface area contributed by atoms with E-state index in [1.165, 1.54) is 19.3 Å². The van der Waals surface area contributed by atoms with Crippen LogP contribution in [0.25, 0.3) is 0 Å². The van der Waals surface area contributed by atoms with Crippen LogP contribution in [-0.4, -0.2) is 55.1 Å². The van der Waals surface area contributed by atoms with Crippen LogP contribution in [0.15, 0.2) is 0 Å². The molecule has 3 fully saturated rings. The second kappa shape index (κ2) is 7.18. The lowest BCUT2D eigenvalue weighted by Gasteiger charge is -2.35. The molecule has 1 atom stereocenters. The Morgan fingerprint density at radius 3 is 2.61 bits per heavy atom. The summed E-state index contributed by atoms with van der Waals surface area (Å²) in [6.07, 6.45) is 7.68. The van der Waals surface area contributed by atoms with Crippen LogP contribution in [0.2, 0.25) is 0 Å². The largest absolute Gasteiger partial charge is 0.381 e. The molecule has 2 saturated heterocycles. The number of carbonyl (C=O) groups excluding carboxylic acids is 2. The van der Waals surface area contributed by atoms with Crippen LogP contribution in [0.4, 0.5) is 0 Å². The second-order valence-electron chi connectivity index (χ2n) is 7.31. The molecule has 3 rings (SSSR count). The number of amides is 2. The Hall–Kier alpha value is -1.14. The summed E-state index contributed by atoms with van der Waals surface area (Å²) < 4.78 is 5.36. The first kappa shape index (κ1) is 16.7. The Kier molecular flexibility index (Phi) is 5.21. The third-order valence-electron chi connectivity index (χ3n) is 5.83. The lowest BCUT2D eigenvalue weighted by Crippen LogP contribution is -2.52. The molecule has 0 aromatic rings. The molecule has 3 aliphatic rings. The lowest BCUT2D eigenvalue weighted by atomic mass is 9.79. The highest BCUT2D eigenvalue weighted by Crippen LogP contribution is 2.31. The van der Waals surface area contributed by atoms with Crippen molar-refractivity contribution in [1.29, 1.82) is 0 Å². The average molecular weight is 323 g/mol. The Morgan fingerprint density at radius 1 is 1.26 bits per heavy atom. The predicted octanol–water partition coefficient (Wildman–Crippen LogP) is 0.792. The molecular formula is C17H29N3O3. The average Bonchev–Trinajstić information content (AvgIpc) is 2.96. The summed E-state index contributed by atoms with van der Waals surface area (Å²) in [6, 6.07) is 0.313. The van der Waals surface area contributed by atoms with Gasteiger partial charge >= 0.3 is 0 Å². The molecule has 0 bridgehead atoms. The van der Waals surface area contributed by atoms with Crippen LogP contribution in [0.5, 0.6) is 0 Å². The first-order chi connectivity index (χ1) is 11.1.